The Kier molecular flexibility index (Phi) is 4.86. The molecule has 2 unspecified atom stereocenters. The summed E-state index contributed by atoms with van der Waals surface area (Å²) in [5.41, 5.74) is 6.68. The molecule has 1 heterocycles. The van der Waals surface area contributed by atoms with Crippen LogP contribution in [0.1, 0.15) is 24.0 Å². The quantitative estimate of drug-likeness (QED) is 0.887. The molecule has 2 N–H and O–H groups in total. The van der Waals surface area contributed by atoms with Crippen molar-refractivity contribution in [1.29, 1.82) is 0 Å². The van der Waals surface area contributed by atoms with E-state index in [0.29, 0.717) is 17.9 Å². The third-order valence-corrected chi connectivity index (χ3v) is 4.44. The lowest BCUT2D eigenvalue weighted by Crippen LogP contribution is -2.17. The van der Waals surface area contributed by atoms with Gasteiger partial charge in [0.2, 0.25) is 0 Å². The minimum Gasteiger partial charge on any atom is -0.377 e. The summed E-state index contributed by atoms with van der Waals surface area (Å²) in [7, 11) is -1.08. The van der Waals surface area contributed by atoms with Crippen molar-refractivity contribution in [3.8, 4) is 0 Å². The lowest BCUT2D eigenvalue weighted by Gasteiger charge is -2.09. The van der Waals surface area contributed by atoms with Gasteiger partial charge in [-0.25, -0.2) is 4.39 Å². The Labute approximate surface area is 109 Å². The van der Waals surface area contributed by atoms with Gasteiger partial charge in [0.05, 0.1) is 17.6 Å². The molecule has 18 heavy (non-hydrogen) atoms. The summed E-state index contributed by atoms with van der Waals surface area (Å²) in [6.45, 7) is 1.07. The summed E-state index contributed by atoms with van der Waals surface area (Å²) in [6, 6.07) is 4.87. The second-order valence-electron chi connectivity index (χ2n) is 4.52. The second-order valence-corrected chi connectivity index (χ2v) is 6.02. The van der Waals surface area contributed by atoms with E-state index < -0.39 is 10.8 Å². The molecule has 0 bridgehead atoms. The summed E-state index contributed by atoms with van der Waals surface area (Å²) < 4.78 is 31.0. The van der Waals surface area contributed by atoms with Crippen molar-refractivity contribution in [2.45, 2.75) is 31.2 Å². The SMILES string of the molecule is NCc1ccc(CS(=O)CC2CCCO2)c(F)c1. The van der Waals surface area contributed by atoms with E-state index in [1.807, 2.05) is 0 Å². The van der Waals surface area contributed by atoms with E-state index in [1.165, 1.54) is 6.07 Å². The fourth-order valence-corrected chi connectivity index (χ4v) is 3.43. The molecule has 2 atom stereocenters. The molecule has 1 aromatic rings. The highest BCUT2D eigenvalue weighted by Gasteiger charge is 2.19. The zero-order valence-corrected chi connectivity index (χ0v) is 11.0. The van der Waals surface area contributed by atoms with E-state index in [4.69, 9.17) is 10.5 Å². The molecule has 0 saturated carbocycles. The van der Waals surface area contributed by atoms with Gasteiger partial charge in [0, 0.05) is 29.5 Å². The molecular formula is C13H18FNO2S. The summed E-state index contributed by atoms with van der Waals surface area (Å²) in [4.78, 5) is 0. The van der Waals surface area contributed by atoms with Crippen LogP contribution >= 0.6 is 0 Å². The van der Waals surface area contributed by atoms with Crippen molar-refractivity contribution in [3.63, 3.8) is 0 Å². The first-order valence-electron chi connectivity index (χ1n) is 6.13. The van der Waals surface area contributed by atoms with Crippen molar-refractivity contribution in [1.82, 2.24) is 0 Å². The Morgan fingerprint density at radius 3 is 2.94 bits per heavy atom. The van der Waals surface area contributed by atoms with E-state index in [9.17, 15) is 8.60 Å². The minimum absolute atomic E-state index is 0.0807. The average Bonchev–Trinajstić information content (AvgIpc) is 2.84. The van der Waals surface area contributed by atoms with Crippen molar-refractivity contribution in [2.75, 3.05) is 12.4 Å². The molecule has 5 heteroatoms. The van der Waals surface area contributed by atoms with Crippen LogP contribution in [0.4, 0.5) is 4.39 Å². The van der Waals surface area contributed by atoms with Crippen LogP contribution in [0, 0.1) is 5.82 Å². The van der Waals surface area contributed by atoms with Gasteiger partial charge in [0.1, 0.15) is 5.82 Å². The van der Waals surface area contributed by atoms with E-state index in [1.54, 1.807) is 12.1 Å². The lowest BCUT2D eigenvalue weighted by molar-refractivity contribution is 0.128. The third kappa shape index (κ3) is 3.60. The van der Waals surface area contributed by atoms with Crippen LogP contribution in [0.5, 0.6) is 0 Å². The predicted octanol–water partition coefficient (Wildman–Crippen LogP) is 1.71. The molecule has 1 aromatic carbocycles. The van der Waals surface area contributed by atoms with E-state index in [2.05, 4.69) is 0 Å². The second kappa shape index (κ2) is 6.41. The lowest BCUT2D eigenvalue weighted by atomic mass is 10.1. The smallest absolute Gasteiger partial charge is 0.127 e. The summed E-state index contributed by atoms with van der Waals surface area (Å²) in [5.74, 6) is 0.424. The van der Waals surface area contributed by atoms with Gasteiger partial charge in [-0.1, -0.05) is 12.1 Å². The highest BCUT2D eigenvalue weighted by atomic mass is 32.2. The highest BCUT2D eigenvalue weighted by molar-refractivity contribution is 7.84. The van der Waals surface area contributed by atoms with Crippen LogP contribution in [0.15, 0.2) is 18.2 Å². The largest absolute Gasteiger partial charge is 0.377 e. The van der Waals surface area contributed by atoms with Gasteiger partial charge in [-0.3, -0.25) is 4.21 Å². The number of hydrogen-bond donors (Lipinski definition) is 1. The Balaban J connectivity index is 1.93. The predicted molar refractivity (Wildman–Crippen MR) is 70.0 cm³/mol. The fraction of sp³-hybridized carbons (Fsp3) is 0.538. The molecule has 1 saturated heterocycles. The maximum absolute atomic E-state index is 13.7. The number of rotatable bonds is 5. The molecule has 1 aliphatic rings. The van der Waals surface area contributed by atoms with Crippen molar-refractivity contribution in [2.24, 2.45) is 5.73 Å². The monoisotopic (exact) mass is 271 g/mol. The summed E-state index contributed by atoms with van der Waals surface area (Å²) in [6.07, 6.45) is 2.07. The molecule has 0 amide bonds. The Bertz CT molecular complexity index is 433. The van der Waals surface area contributed by atoms with Crippen LogP contribution in [0.3, 0.4) is 0 Å². The number of hydrogen-bond acceptors (Lipinski definition) is 3. The molecule has 3 nitrogen and oxygen atoms in total. The molecule has 100 valence electrons. The molecule has 2 rings (SSSR count). The first kappa shape index (κ1) is 13.6. The van der Waals surface area contributed by atoms with Crippen LogP contribution < -0.4 is 5.73 Å². The van der Waals surface area contributed by atoms with Crippen LogP contribution in [-0.2, 0) is 27.8 Å². The molecule has 0 aliphatic carbocycles. The molecule has 0 aromatic heterocycles. The normalized spacial score (nSPS) is 21.1. The third-order valence-electron chi connectivity index (χ3n) is 3.07. The first-order chi connectivity index (χ1) is 8.69. The maximum Gasteiger partial charge on any atom is 0.127 e. The zero-order valence-electron chi connectivity index (χ0n) is 10.2. The molecule has 1 aliphatic heterocycles. The Hall–Kier alpha value is -0.780. The van der Waals surface area contributed by atoms with Gasteiger partial charge >= 0.3 is 0 Å². The van der Waals surface area contributed by atoms with Gasteiger partial charge in [0.15, 0.2) is 0 Å². The van der Waals surface area contributed by atoms with Gasteiger partial charge in [-0.05, 0) is 24.5 Å². The molecule has 0 spiro atoms. The van der Waals surface area contributed by atoms with E-state index in [-0.39, 0.29) is 17.7 Å². The fourth-order valence-electron chi connectivity index (χ4n) is 2.05. The van der Waals surface area contributed by atoms with Crippen molar-refractivity contribution in [3.05, 3.63) is 35.1 Å². The van der Waals surface area contributed by atoms with E-state index >= 15 is 0 Å². The van der Waals surface area contributed by atoms with Gasteiger partial charge in [0.25, 0.3) is 0 Å². The maximum atomic E-state index is 13.7. The first-order valence-corrected chi connectivity index (χ1v) is 7.62. The Morgan fingerprint density at radius 2 is 2.33 bits per heavy atom. The van der Waals surface area contributed by atoms with E-state index in [0.717, 1.165) is 25.0 Å². The number of nitrogens with two attached hydrogens (primary N) is 1. The molecule has 0 radical (unpaired) electrons. The minimum atomic E-state index is -1.08. The van der Waals surface area contributed by atoms with Crippen LogP contribution in [-0.4, -0.2) is 22.7 Å². The molecule has 1 fully saturated rings. The summed E-state index contributed by atoms with van der Waals surface area (Å²) >= 11 is 0. The van der Waals surface area contributed by atoms with Crippen LogP contribution in [0.2, 0.25) is 0 Å². The van der Waals surface area contributed by atoms with Gasteiger partial charge < -0.3 is 10.5 Å². The average molecular weight is 271 g/mol. The number of halogens is 1. The zero-order chi connectivity index (χ0) is 13.0. The van der Waals surface area contributed by atoms with Crippen molar-refractivity contribution < 1.29 is 13.3 Å². The van der Waals surface area contributed by atoms with Crippen molar-refractivity contribution >= 4 is 10.8 Å². The number of ether oxygens (including phenoxy) is 1. The molecular weight excluding hydrogens is 253 g/mol. The topological polar surface area (TPSA) is 52.3 Å². The van der Waals surface area contributed by atoms with Gasteiger partial charge in [-0.2, -0.15) is 0 Å². The highest BCUT2D eigenvalue weighted by Crippen LogP contribution is 2.16. The number of benzene rings is 1. The standard InChI is InChI=1S/C13H18FNO2S/c14-13-6-10(7-15)3-4-11(13)8-18(16)9-12-2-1-5-17-12/h3-4,6,12H,1-2,5,7-9,15H2. The Morgan fingerprint density at radius 1 is 1.50 bits per heavy atom. The van der Waals surface area contributed by atoms with Crippen LogP contribution in [0.25, 0.3) is 0 Å². The van der Waals surface area contributed by atoms with Gasteiger partial charge in [-0.15, -0.1) is 0 Å². The summed E-state index contributed by atoms with van der Waals surface area (Å²) in [5, 5.41) is 0.